The standard InChI is InChI=1S/C28H42N2Si/c1-21-13-11-14-22(2)27(21)29-31(25-17-7-5-8-18-25,26-19-9-6-10-20-26)30-28-23(3)15-12-16-24(28)4/h5-10,17-24,27-30H,11-16H2,1-4H3. The first-order valence-corrected chi connectivity index (χ1v) is 14.7. The van der Waals surface area contributed by atoms with E-state index in [1.807, 2.05) is 0 Å². The van der Waals surface area contributed by atoms with Crippen LogP contribution in [0.2, 0.25) is 0 Å². The van der Waals surface area contributed by atoms with E-state index >= 15 is 0 Å². The van der Waals surface area contributed by atoms with Crippen molar-refractivity contribution in [2.75, 3.05) is 0 Å². The van der Waals surface area contributed by atoms with Crippen LogP contribution in [0.4, 0.5) is 0 Å². The molecule has 0 spiro atoms. The lowest BCUT2D eigenvalue weighted by atomic mass is 9.79. The molecule has 0 radical (unpaired) electrons. The summed E-state index contributed by atoms with van der Waals surface area (Å²) in [5.41, 5.74) is 0. The third-order valence-corrected chi connectivity index (χ3v) is 12.2. The van der Waals surface area contributed by atoms with E-state index in [9.17, 15) is 0 Å². The second-order valence-electron chi connectivity index (χ2n) is 10.6. The summed E-state index contributed by atoms with van der Waals surface area (Å²) in [6.07, 6.45) is 8.10. The summed E-state index contributed by atoms with van der Waals surface area (Å²) in [7, 11) is -2.39. The van der Waals surface area contributed by atoms with E-state index in [1.54, 1.807) is 0 Å². The van der Waals surface area contributed by atoms with Gasteiger partial charge in [-0.3, -0.25) is 0 Å². The molecule has 2 N–H and O–H groups in total. The molecule has 4 rings (SSSR count). The summed E-state index contributed by atoms with van der Waals surface area (Å²) in [5, 5.41) is 2.94. The Kier molecular flexibility index (Phi) is 7.35. The maximum Gasteiger partial charge on any atom is 0.267 e. The molecule has 31 heavy (non-hydrogen) atoms. The Bertz CT molecular complexity index is 719. The molecule has 0 aromatic heterocycles. The normalized spacial score (nSPS) is 32.0. The minimum atomic E-state index is -2.39. The second-order valence-corrected chi connectivity index (χ2v) is 13.8. The van der Waals surface area contributed by atoms with Crippen LogP contribution in [0, 0.1) is 23.7 Å². The molecule has 2 fully saturated rings. The molecule has 0 heterocycles. The van der Waals surface area contributed by atoms with Gasteiger partial charge in [0.1, 0.15) is 0 Å². The molecule has 168 valence electrons. The fourth-order valence-corrected chi connectivity index (χ4v) is 11.0. The van der Waals surface area contributed by atoms with Crippen molar-refractivity contribution in [3.63, 3.8) is 0 Å². The Hall–Kier alpha value is -1.42. The van der Waals surface area contributed by atoms with E-state index in [1.165, 1.54) is 48.9 Å². The van der Waals surface area contributed by atoms with Gasteiger partial charge in [-0.1, -0.05) is 101 Å². The second kappa shape index (κ2) is 10.0. The Morgan fingerprint density at radius 3 is 1.19 bits per heavy atom. The summed E-state index contributed by atoms with van der Waals surface area (Å²) in [6, 6.07) is 23.8. The highest BCUT2D eigenvalue weighted by Crippen LogP contribution is 2.32. The lowest BCUT2D eigenvalue weighted by molar-refractivity contribution is 0.218. The van der Waals surface area contributed by atoms with Gasteiger partial charge in [0.05, 0.1) is 0 Å². The van der Waals surface area contributed by atoms with Crippen molar-refractivity contribution in [1.29, 1.82) is 0 Å². The monoisotopic (exact) mass is 434 g/mol. The minimum Gasteiger partial charge on any atom is -0.315 e. The maximum atomic E-state index is 4.42. The van der Waals surface area contributed by atoms with E-state index in [0.29, 0.717) is 35.8 Å². The van der Waals surface area contributed by atoms with E-state index in [0.717, 1.165) is 0 Å². The molecule has 0 bridgehead atoms. The number of nitrogens with one attached hydrogen (secondary N) is 2. The molecule has 2 aromatic carbocycles. The zero-order valence-corrected chi connectivity index (χ0v) is 21.0. The summed E-state index contributed by atoms with van der Waals surface area (Å²) in [6.45, 7) is 9.87. The smallest absolute Gasteiger partial charge is 0.267 e. The summed E-state index contributed by atoms with van der Waals surface area (Å²) >= 11 is 0. The molecule has 3 heteroatoms. The van der Waals surface area contributed by atoms with Gasteiger partial charge in [0, 0.05) is 12.1 Å². The summed E-state index contributed by atoms with van der Waals surface area (Å²) in [5.74, 6) is 2.86. The first-order chi connectivity index (χ1) is 15.0. The van der Waals surface area contributed by atoms with E-state index in [-0.39, 0.29) is 0 Å². The van der Waals surface area contributed by atoms with Crippen LogP contribution in [-0.2, 0) is 0 Å². The number of hydrogen-bond acceptors (Lipinski definition) is 2. The number of benzene rings is 2. The predicted octanol–water partition coefficient (Wildman–Crippen LogP) is 5.07. The maximum absolute atomic E-state index is 4.42. The molecule has 2 aliphatic rings. The lowest BCUT2D eigenvalue weighted by Crippen LogP contribution is -2.82. The van der Waals surface area contributed by atoms with Crippen molar-refractivity contribution in [1.82, 2.24) is 9.96 Å². The Balaban J connectivity index is 1.82. The molecular formula is C28H42N2Si. The van der Waals surface area contributed by atoms with Crippen LogP contribution in [0.3, 0.4) is 0 Å². The summed E-state index contributed by atoms with van der Waals surface area (Å²) < 4.78 is 0. The number of hydrogen-bond donors (Lipinski definition) is 2. The van der Waals surface area contributed by atoms with Gasteiger partial charge in [-0.05, 0) is 59.7 Å². The third-order valence-electron chi connectivity index (χ3n) is 8.27. The fourth-order valence-electron chi connectivity index (χ4n) is 6.35. The van der Waals surface area contributed by atoms with Gasteiger partial charge in [-0.15, -0.1) is 0 Å². The molecule has 0 saturated heterocycles. The van der Waals surface area contributed by atoms with Gasteiger partial charge in [0.25, 0.3) is 8.40 Å². The van der Waals surface area contributed by atoms with Crippen molar-refractivity contribution < 1.29 is 0 Å². The highest BCUT2D eigenvalue weighted by Gasteiger charge is 2.46. The molecule has 4 unspecified atom stereocenters. The Morgan fingerprint density at radius 2 is 0.871 bits per heavy atom. The third kappa shape index (κ3) is 4.84. The first-order valence-electron chi connectivity index (χ1n) is 12.7. The van der Waals surface area contributed by atoms with Gasteiger partial charge in [0.2, 0.25) is 0 Å². The fraction of sp³-hybridized carbons (Fsp3) is 0.571. The van der Waals surface area contributed by atoms with Crippen molar-refractivity contribution in [3.05, 3.63) is 60.7 Å². The molecule has 0 amide bonds. The van der Waals surface area contributed by atoms with Crippen LogP contribution in [0.1, 0.15) is 66.2 Å². The average molecular weight is 435 g/mol. The van der Waals surface area contributed by atoms with E-state index in [4.69, 9.17) is 0 Å². The lowest BCUT2D eigenvalue weighted by Gasteiger charge is -2.48. The minimum absolute atomic E-state index is 0.558. The van der Waals surface area contributed by atoms with Gasteiger partial charge < -0.3 is 9.96 Å². The van der Waals surface area contributed by atoms with Crippen LogP contribution < -0.4 is 20.3 Å². The Labute approximate surface area is 191 Å². The van der Waals surface area contributed by atoms with Crippen LogP contribution in [0.15, 0.2) is 60.7 Å². The molecule has 2 nitrogen and oxygen atoms in total. The van der Waals surface area contributed by atoms with Gasteiger partial charge >= 0.3 is 0 Å². The molecular weight excluding hydrogens is 392 g/mol. The highest BCUT2D eigenvalue weighted by molar-refractivity contribution is 6.98. The average Bonchev–Trinajstić information content (AvgIpc) is 2.79. The molecule has 2 saturated carbocycles. The molecule has 2 aliphatic carbocycles. The van der Waals surface area contributed by atoms with Crippen molar-refractivity contribution >= 4 is 18.8 Å². The molecule has 0 aliphatic heterocycles. The van der Waals surface area contributed by atoms with Crippen LogP contribution in [-0.4, -0.2) is 20.5 Å². The molecule has 4 atom stereocenters. The SMILES string of the molecule is CC1CCCC(C)C1N[Si](NC1C(C)CCCC1C)(c1ccccc1)c1ccccc1. The largest absolute Gasteiger partial charge is 0.315 e. The van der Waals surface area contributed by atoms with Crippen molar-refractivity contribution in [2.45, 2.75) is 78.3 Å². The zero-order chi connectivity index (χ0) is 21.8. The van der Waals surface area contributed by atoms with Crippen molar-refractivity contribution in [2.24, 2.45) is 23.7 Å². The van der Waals surface area contributed by atoms with Gasteiger partial charge in [-0.2, -0.15) is 0 Å². The van der Waals surface area contributed by atoms with Crippen LogP contribution in [0.5, 0.6) is 0 Å². The zero-order valence-electron chi connectivity index (χ0n) is 20.0. The summed E-state index contributed by atoms with van der Waals surface area (Å²) in [4.78, 5) is 8.84. The number of rotatable bonds is 6. The molecule has 2 aromatic rings. The Morgan fingerprint density at radius 1 is 0.548 bits per heavy atom. The predicted molar refractivity (Wildman–Crippen MR) is 136 cm³/mol. The van der Waals surface area contributed by atoms with Crippen LogP contribution in [0.25, 0.3) is 0 Å². The van der Waals surface area contributed by atoms with E-state index in [2.05, 4.69) is 98.3 Å². The first kappa shape index (κ1) is 22.8. The van der Waals surface area contributed by atoms with Crippen LogP contribution >= 0.6 is 0 Å². The van der Waals surface area contributed by atoms with Gasteiger partial charge in [0.15, 0.2) is 0 Å². The van der Waals surface area contributed by atoms with Gasteiger partial charge in [-0.25, -0.2) is 0 Å². The topological polar surface area (TPSA) is 24.1 Å². The van der Waals surface area contributed by atoms with E-state index < -0.39 is 8.40 Å². The van der Waals surface area contributed by atoms with Crippen molar-refractivity contribution in [3.8, 4) is 0 Å². The quantitative estimate of drug-likeness (QED) is 0.620. The highest BCUT2D eigenvalue weighted by atomic mass is 28.3.